The molecule has 2 aromatic rings. The summed E-state index contributed by atoms with van der Waals surface area (Å²) in [6, 6.07) is 10.3. The number of rotatable bonds is 7. The summed E-state index contributed by atoms with van der Waals surface area (Å²) < 4.78 is 48.6. The minimum atomic E-state index is -2.82. The Morgan fingerprint density at radius 3 is 2.03 bits per heavy atom. The molecule has 18 nitrogen and oxygen atoms in total. The van der Waals surface area contributed by atoms with Crippen molar-refractivity contribution < 1.29 is 81.7 Å². The topological polar surface area (TPSA) is 247 Å². The third kappa shape index (κ3) is 6.89. The third-order valence-corrected chi connectivity index (χ3v) is 12.1. The smallest absolute Gasteiger partial charge is 0.340 e. The van der Waals surface area contributed by atoms with Gasteiger partial charge in [0.05, 0.1) is 34.8 Å². The van der Waals surface area contributed by atoms with E-state index in [1.807, 2.05) is 0 Å². The van der Waals surface area contributed by atoms with Crippen LogP contribution in [0.4, 0.5) is 0 Å². The second-order valence-electron chi connectivity index (χ2n) is 15.9. The number of hydrogen-bond acceptors (Lipinski definition) is 18. The molecule has 59 heavy (non-hydrogen) atoms. The molecular weight excluding hydrogens is 778 g/mol. The molecule has 4 aliphatic rings. The van der Waals surface area contributed by atoms with E-state index in [-0.39, 0.29) is 16.8 Å². The molecule has 1 aromatic carbocycles. The quantitative estimate of drug-likeness (QED) is 0.298. The van der Waals surface area contributed by atoms with Gasteiger partial charge in [-0.15, -0.1) is 0 Å². The van der Waals surface area contributed by atoms with Gasteiger partial charge in [0.25, 0.3) is 0 Å². The Kier molecular flexibility index (Phi) is 11.4. The zero-order valence-electron chi connectivity index (χ0n) is 33.7. The van der Waals surface area contributed by atoms with Gasteiger partial charge in [-0.05, 0) is 38.1 Å². The molecule has 2 aliphatic carbocycles. The normalized spacial score (nSPS) is 37.4. The lowest BCUT2D eigenvalue weighted by atomic mass is 9.45. The van der Waals surface area contributed by atoms with E-state index in [2.05, 4.69) is 4.98 Å². The second kappa shape index (κ2) is 15.6. The minimum Gasteiger partial charge on any atom is -0.465 e. The first kappa shape index (κ1) is 43.1. The number of aliphatic hydroxyl groups excluding tert-OH is 1. The molecule has 0 amide bonds. The van der Waals surface area contributed by atoms with Crippen LogP contribution in [0.25, 0.3) is 0 Å². The van der Waals surface area contributed by atoms with Gasteiger partial charge in [0.2, 0.25) is 0 Å². The summed E-state index contributed by atoms with van der Waals surface area (Å²) in [5.74, 6) is -10.7. The number of hydrogen-bond donors (Lipinski definition) is 2. The lowest BCUT2D eigenvalue weighted by Crippen LogP contribution is -2.89. The highest BCUT2D eigenvalue weighted by atomic mass is 16.7. The summed E-state index contributed by atoms with van der Waals surface area (Å²) in [7, 11) is 0. The maximum Gasteiger partial charge on any atom is 0.340 e. The molecule has 318 valence electrons. The summed E-state index contributed by atoms with van der Waals surface area (Å²) in [6.45, 7) is 7.76. The number of carbonyl (C=O) groups excluding carboxylic acids is 7. The van der Waals surface area contributed by atoms with Crippen molar-refractivity contribution in [3.05, 3.63) is 65.5 Å². The fourth-order valence-electron chi connectivity index (χ4n) is 9.54. The number of nitrogens with zero attached hydrogens (tertiary/aromatic N) is 1. The molecular formula is C41H47NO17. The van der Waals surface area contributed by atoms with Crippen LogP contribution in [0.3, 0.4) is 0 Å². The molecule has 2 aliphatic heterocycles. The van der Waals surface area contributed by atoms with Crippen LogP contribution in [0.2, 0.25) is 0 Å². The van der Waals surface area contributed by atoms with Gasteiger partial charge in [0.1, 0.15) is 41.5 Å². The Balaban J connectivity index is 1.75. The van der Waals surface area contributed by atoms with Gasteiger partial charge in [-0.25, -0.2) is 9.59 Å². The average Bonchev–Trinajstić information content (AvgIpc) is 3.37. The summed E-state index contributed by atoms with van der Waals surface area (Å²) in [5.41, 5.74) is -10.2. The standard InChI is InChI=1S/C41H47NO17/c1-19-20(2)35(48)57-32-30(55-23(5)45)34(58-36(49)25-13-10-9-11-14-25)40(18-52-21(3)43)33(56-24(6)46)29(54-22(4)44)27-31(47)41(40,39(32,8)51)59-38(27,7)17-53-37(50)26-15-12-16-42-28(19)26/h9-16,19-20,27,29-34,47,51H,17-18H2,1-8H3/t19-,20-,27+,29+,30-,31+,32-,33+,34-,38-,39-,40+,41-/m0/s1. The number of aromatic nitrogens is 1. The summed E-state index contributed by atoms with van der Waals surface area (Å²) >= 11 is 0. The molecule has 13 atom stereocenters. The molecule has 6 rings (SSSR count). The maximum absolute atomic E-state index is 14.4. The Morgan fingerprint density at radius 2 is 1.42 bits per heavy atom. The monoisotopic (exact) mass is 825 g/mol. The largest absolute Gasteiger partial charge is 0.465 e. The number of fused-ring (bicyclic) bond motifs is 5. The van der Waals surface area contributed by atoms with Gasteiger partial charge < -0.3 is 48.1 Å². The van der Waals surface area contributed by atoms with Crippen LogP contribution in [-0.2, 0) is 61.9 Å². The van der Waals surface area contributed by atoms with Crippen molar-refractivity contribution in [2.24, 2.45) is 17.3 Å². The molecule has 0 unspecified atom stereocenters. The van der Waals surface area contributed by atoms with E-state index < -0.39 is 132 Å². The fourth-order valence-corrected chi connectivity index (χ4v) is 9.54. The minimum absolute atomic E-state index is 0.0311. The van der Waals surface area contributed by atoms with E-state index in [4.69, 9.17) is 37.9 Å². The number of cyclic esters (lactones) is 1. The molecule has 0 radical (unpaired) electrons. The van der Waals surface area contributed by atoms with E-state index >= 15 is 0 Å². The molecule has 1 spiro atoms. The van der Waals surface area contributed by atoms with Crippen LogP contribution in [0.15, 0.2) is 48.7 Å². The van der Waals surface area contributed by atoms with E-state index in [1.54, 1.807) is 13.0 Å². The van der Waals surface area contributed by atoms with Crippen molar-refractivity contribution in [2.75, 3.05) is 13.2 Å². The Bertz CT molecular complexity index is 2040. The highest BCUT2D eigenvalue weighted by Gasteiger charge is 2.91. The molecule has 1 aromatic heterocycles. The van der Waals surface area contributed by atoms with Crippen LogP contribution in [0.1, 0.15) is 87.7 Å². The van der Waals surface area contributed by atoms with Crippen LogP contribution in [-0.4, -0.2) is 124 Å². The molecule has 18 heteroatoms. The molecule has 2 N–H and O–H groups in total. The van der Waals surface area contributed by atoms with E-state index in [0.29, 0.717) is 0 Å². The predicted octanol–water partition coefficient (Wildman–Crippen LogP) is 1.76. The van der Waals surface area contributed by atoms with Gasteiger partial charge >= 0.3 is 41.8 Å². The number of ether oxygens (including phenoxy) is 8. The van der Waals surface area contributed by atoms with Crippen molar-refractivity contribution >= 4 is 41.8 Å². The van der Waals surface area contributed by atoms with E-state index in [9.17, 15) is 43.8 Å². The summed E-state index contributed by atoms with van der Waals surface area (Å²) in [6.07, 6.45) is -10.8. The van der Waals surface area contributed by atoms with Gasteiger partial charge in [-0.1, -0.05) is 32.0 Å². The highest BCUT2D eigenvalue weighted by molar-refractivity contribution is 5.91. The third-order valence-electron chi connectivity index (χ3n) is 12.1. The summed E-state index contributed by atoms with van der Waals surface area (Å²) in [5, 5.41) is 26.3. The molecule has 4 bridgehead atoms. The number of benzene rings is 1. The summed E-state index contributed by atoms with van der Waals surface area (Å²) in [4.78, 5) is 99.4. The predicted molar refractivity (Wildman–Crippen MR) is 196 cm³/mol. The SMILES string of the molecule is CC(=O)OC[C@]12[C@H](OC(C)=O)[C@H](OC(C)=O)[C@@H]3[C@@H](O)[C@@]14O[C@@]3(C)COC(=O)c1cccnc1[C@@H](C)[C@H](C)C(=O)O[C@@H]([C@H](OC(C)=O)[C@@H]2OC(=O)c1ccccc1)[C@]4(C)O. The average molecular weight is 826 g/mol. The number of aliphatic hydroxyl groups is 2. The zero-order valence-corrected chi connectivity index (χ0v) is 33.7. The second-order valence-corrected chi connectivity index (χ2v) is 15.9. The van der Waals surface area contributed by atoms with Crippen LogP contribution in [0, 0.1) is 17.3 Å². The first-order valence-corrected chi connectivity index (χ1v) is 19.0. The molecule has 3 heterocycles. The van der Waals surface area contributed by atoms with Crippen LogP contribution < -0.4 is 0 Å². The maximum atomic E-state index is 14.4. The lowest BCUT2D eigenvalue weighted by molar-refractivity contribution is -0.385. The van der Waals surface area contributed by atoms with Crippen molar-refractivity contribution in [2.45, 2.75) is 115 Å². The van der Waals surface area contributed by atoms with Crippen molar-refractivity contribution in [1.29, 1.82) is 0 Å². The number of esters is 7. The van der Waals surface area contributed by atoms with Gasteiger partial charge in [-0.3, -0.25) is 29.0 Å². The Morgan fingerprint density at radius 1 is 0.814 bits per heavy atom. The van der Waals surface area contributed by atoms with E-state index in [0.717, 1.165) is 34.6 Å². The molecule has 3 fully saturated rings. The van der Waals surface area contributed by atoms with Crippen molar-refractivity contribution in [1.82, 2.24) is 4.98 Å². The van der Waals surface area contributed by atoms with Crippen LogP contribution in [0.5, 0.6) is 0 Å². The van der Waals surface area contributed by atoms with Gasteiger partial charge in [-0.2, -0.15) is 0 Å². The lowest BCUT2D eigenvalue weighted by Gasteiger charge is -2.67. The number of pyridine rings is 1. The van der Waals surface area contributed by atoms with Crippen molar-refractivity contribution in [3.8, 4) is 0 Å². The Labute approximate surface area is 338 Å². The zero-order chi connectivity index (χ0) is 43.4. The van der Waals surface area contributed by atoms with E-state index in [1.165, 1.54) is 56.4 Å². The molecule has 1 saturated heterocycles. The first-order chi connectivity index (χ1) is 27.6. The fraction of sp³-hybridized carbons (Fsp3) is 0.561. The van der Waals surface area contributed by atoms with Crippen LogP contribution >= 0.6 is 0 Å². The molecule has 2 saturated carbocycles. The Hall–Kier alpha value is -5.46. The van der Waals surface area contributed by atoms with Gasteiger partial charge in [0.15, 0.2) is 24.4 Å². The number of carbonyl (C=O) groups is 7. The van der Waals surface area contributed by atoms with Gasteiger partial charge in [0, 0.05) is 39.8 Å². The highest BCUT2D eigenvalue weighted by Crippen LogP contribution is 2.69. The first-order valence-electron chi connectivity index (χ1n) is 19.0. The van der Waals surface area contributed by atoms with Crippen molar-refractivity contribution in [3.63, 3.8) is 0 Å².